The van der Waals surface area contributed by atoms with Gasteiger partial charge in [0.05, 0.1) is 6.54 Å². The maximum atomic E-state index is 13.6. The molecule has 1 amide bonds. The van der Waals surface area contributed by atoms with Crippen LogP contribution in [0.15, 0.2) is 77.8 Å². The first kappa shape index (κ1) is 31.5. The molecule has 6 rings (SSSR count). The molecule has 47 heavy (non-hydrogen) atoms. The Hall–Kier alpha value is -5.46. The van der Waals surface area contributed by atoms with E-state index in [1.165, 1.54) is 0 Å². The van der Waals surface area contributed by atoms with Gasteiger partial charge in [-0.3, -0.25) is 14.7 Å². The molecule has 0 atom stereocenters. The Morgan fingerprint density at radius 1 is 0.957 bits per heavy atom. The Morgan fingerprint density at radius 2 is 1.64 bits per heavy atom. The Bertz CT molecular complexity index is 1800. The molecule has 1 spiro atoms. The summed E-state index contributed by atoms with van der Waals surface area (Å²) in [5.74, 6) is 1.29. The van der Waals surface area contributed by atoms with Crippen LogP contribution in [0.3, 0.4) is 0 Å². The van der Waals surface area contributed by atoms with Crippen LogP contribution in [0.4, 0.5) is 4.79 Å². The number of tetrazole rings is 1. The number of carbonyl (C=O) groups is 2. The molecular formula is C34H35N7O6. The first-order valence-corrected chi connectivity index (χ1v) is 15.8. The summed E-state index contributed by atoms with van der Waals surface area (Å²) in [5.41, 5.74) is 3.95. The summed E-state index contributed by atoms with van der Waals surface area (Å²) in [6.07, 6.45) is 5.75. The minimum Gasteiger partial charge on any atom is -0.442 e. The van der Waals surface area contributed by atoms with Crippen LogP contribution in [0, 0.1) is 10.1 Å². The van der Waals surface area contributed by atoms with E-state index in [2.05, 4.69) is 27.2 Å². The molecular weight excluding hydrogens is 602 g/mol. The lowest BCUT2D eigenvalue weighted by Gasteiger charge is -2.23. The normalized spacial score (nSPS) is 15.2. The van der Waals surface area contributed by atoms with Crippen molar-refractivity contribution in [1.82, 2.24) is 25.1 Å². The molecule has 1 aliphatic heterocycles. The van der Waals surface area contributed by atoms with Gasteiger partial charge in [0.25, 0.3) is 11.0 Å². The van der Waals surface area contributed by atoms with Crippen LogP contribution in [0.5, 0.6) is 0 Å². The number of ether oxygens (including phenoxy) is 1. The summed E-state index contributed by atoms with van der Waals surface area (Å²) in [6.45, 7) is 2.20. The predicted molar refractivity (Wildman–Crippen MR) is 171 cm³/mol. The molecule has 13 heteroatoms. The summed E-state index contributed by atoms with van der Waals surface area (Å²) >= 11 is 0. The number of amidine groups is 1. The number of aliphatic imine (C=N–C) groups is 1. The van der Waals surface area contributed by atoms with Gasteiger partial charge in [0.2, 0.25) is 5.82 Å². The smallest absolute Gasteiger partial charge is 0.442 e. The van der Waals surface area contributed by atoms with Crippen molar-refractivity contribution in [3.8, 4) is 22.5 Å². The molecule has 2 heterocycles. The van der Waals surface area contributed by atoms with Crippen LogP contribution in [0.25, 0.3) is 22.5 Å². The van der Waals surface area contributed by atoms with Crippen LogP contribution >= 0.6 is 0 Å². The lowest BCUT2D eigenvalue weighted by molar-refractivity contribution is -0.763. The van der Waals surface area contributed by atoms with Gasteiger partial charge in [-0.1, -0.05) is 104 Å². The van der Waals surface area contributed by atoms with Crippen LogP contribution in [0.1, 0.15) is 68.6 Å². The maximum absolute atomic E-state index is 13.6. The van der Waals surface area contributed by atoms with E-state index in [0.29, 0.717) is 23.2 Å². The largest absolute Gasteiger partial charge is 0.454 e. The van der Waals surface area contributed by atoms with Gasteiger partial charge >= 0.3 is 6.09 Å². The number of aromatic nitrogens is 4. The number of nitrogens with zero attached hydrogens (tertiary/aromatic N) is 7. The van der Waals surface area contributed by atoms with Crippen molar-refractivity contribution >= 4 is 17.8 Å². The Morgan fingerprint density at radius 3 is 2.34 bits per heavy atom. The molecule has 0 radical (unpaired) electrons. The van der Waals surface area contributed by atoms with E-state index in [0.717, 1.165) is 72.3 Å². The second-order valence-corrected chi connectivity index (χ2v) is 11.7. The van der Waals surface area contributed by atoms with Crippen molar-refractivity contribution in [2.45, 2.75) is 77.2 Å². The minimum absolute atomic E-state index is 0.135. The molecule has 1 aliphatic carbocycles. The molecule has 0 unspecified atom stereocenters. The highest BCUT2D eigenvalue weighted by Crippen LogP contribution is 2.40. The van der Waals surface area contributed by atoms with E-state index >= 15 is 0 Å². The highest BCUT2D eigenvalue weighted by Gasteiger charge is 2.49. The fourth-order valence-corrected chi connectivity index (χ4v) is 6.16. The van der Waals surface area contributed by atoms with Gasteiger partial charge in [0.1, 0.15) is 24.6 Å². The number of hydrogen-bond acceptors (Lipinski definition) is 10. The first-order chi connectivity index (χ1) is 22.9. The van der Waals surface area contributed by atoms with Crippen LogP contribution in [-0.4, -0.2) is 53.6 Å². The van der Waals surface area contributed by atoms with Crippen molar-refractivity contribution in [3.05, 3.63) is 99.6 Å². The Balaban J connectivity index is 1.14. The van der Waals surface area contributed by atoms with Crippen molar-refractivity contribution < 1.29 is 24.3 Å². The SMILES string of the molecule is CCCCC1=NC2(CCCC2)C(=O)N1Cc1ccc(-c2ccccc2-c2nnn(C(=O)OCc3ccccc3CO[N+](=O)[O-])n2)cc1. The van der Waals surface area contributed by atoms with Gasteiger partial charge in [-0.05, 0) is 52.3 Å². The van der Waals surface area contributed by atoms with Crippen molar-refractivity contribution in [2.24, 2.45) is 4.99 Å². The summed E-state index contributed by atoms with van der Waals surface area (Å²) in [6, 6.07) is 22.4. The predicted octanol–water partition coefficient (Wildman–Crippen LogP) is 6.14. The average molecular weight is 638 g/mol. The van der Waals surface area contributed by atoms with Gasteiger partial charge in [0, 0.05) is 12.0 Å². The summed E-state index contributed by atoms with van der Waals surface area (Å²) in [5, 5.41) is 22.0. The Labute approximate surface area is 271 Å². The Kier molecular flexibility index (Phi) is 9.32. The fraction of sp³-hybridized carbons (Fsp3) is 0.353. The zero-order chi connectivity index (χ0) is 32.8. The standard InChI is InChI=1S/C34H35N7O6/c1-2-3-14-30-35-34(19-8-9-20-34)32(42)39(30)21-24-15-17-25(18-16-24)28-12-6-7-13-29(28)31-36-38-40(37-31)33(43)46-22-26-10-4-5-11-27(26)23-47-41(44)45/h4-7,10-13,15-18H,2-3,8-9,14,19-23H2,1H3. The number of benzene rings is 3. The maximum Gasteiger partial charge on any atom is 0.454 e. The van der Waals surface area contributed by atoms with Crippen molar-refractivity contribution in [1.29, 1.82) is 0 Å². The average Bonchev–Trinajstić information content (AvgIpc) is 3.84. The van der Waals surface area contributed by atoms with E-state index in [1.54, 1.807) is 24.3 Å². The lowest BCUT2D eigenvalue weighted by Crippen LogP contribution is -2.40. The zero-order valence-corrected chi connectivity index (χ0v) is 26.1. The van der Waals surface area contributed by atoms with Crippen molar-refractivity contribution in [2.75, 3.05) is 0 Å². The molecule has 0 saturated heterocycles. The molecule has 4 aromatic rings. The van der Waals surface area contributed by atoms with E-state index < -0.39 is 16.7 Å². The van der Waals surface area contributed by atoms with E-state index in [1.807, 2.05) is 53.4 Å². The number of unbranched alkanes of at least 4 members (excludes halogenated alkanes) is 1. The van der Waals surface area contributed by atoms with Crippen LogP contribution in [-0.2, 0) is 34.1 Å². The lowest BCUT2D eigenvalue weighted by atomic mass is 9.97. The molecule has 1 aromatic heterocycles. The van der Waals surface area contributed by atoms with E-state index in [4.69, 9.17) is 9.73 Å². The van der Waals surface area contributed by atoms with Gasteiger partial charge in [-0.25, -0.2) is 4.79 Å². The quantitative estimate of drug-likeness (QED) is 0.131. The van der Waals surface area contributed by atoms with Crippen LogP contribution < -0.4 is 0 Å². The molecule has 242 valence electrons. The number of hydrogen-bond donors (Lipinski definition) is 0. The van der Waals surface area contributed by atoms with Crippen molar-refractivity contribution in [3.63, 3.8) is 0 Å². The molecule has 2 aliphatic rings. The van der Waals surface area contributed by atoms with Gasteiger partial charge in [-0.15, -0.1) is 20.3 Å². The second-order valence-electron chi connectivity index (χ2n) is 11.7. The summed E-state index contributed by atoms with van der Waals surface area (Å²) < 4.78 is 5.36. The molecule has 1 saturated carbocycles. The second kappa shape index (κ2) is 13.9. The van der Waals surface area contributed by atoms with Gasteiger partial charge in [0.15, 0.2) is 0 Å². The number of amides is 1. The highest BCUT2D eigenvalue weighted by molar-refractivity contribution is 6.08. The fourth-order valence-electron chi connectivity index (χ4n) is 6.16. The monoisotopic (exact) mass is 637 g/mol. The molecule has 13 nitrogen and oxygen atoms in total. The third-order valence-electron chi connectivity index (χ3n) is 8.63. The number of carbonyl (C=O) groups excluding carboxylic acids is 2. The molecule has 0 N–H and O–H groups in total. The highest BCUT2D eigenvalue weighted by atomic mass is 16.9. The topological polar surface area (TPSA) is 155 Å². The van der Waals surface area contributed by atoms with Gasteiger partial charge in [-0.2, -0.15) is 0 Å². The summed E-state index contributed by atoms with van der Waals surface area (Å²) in [4.78, 5) is 49.0. The van der Waals surface area contributed by atoms with Gasteiger partial charge < -0.3 is 9.57 Å². The zero-order valence-electron chi connectivity index (χ0n) is 26.1. The molecule has 3 aromatic carbocycles. The third-order valence-corrected chi connectivity index (χ3v) is 8.63. The van der Waals surface area contributed by atoms with E-state index in [-0.39, 0.29) is 24.9 Å². The summed E-state index contributed by atoms with van der Waals surface area (Å²) in [7, 11) is 0. The first-order valence-electron chi connectivity index (χ1n) is 15.8. The molecule has 1 fully saturated rings. The van der Waals surface area contributed by atoms with E-state index in [9.17, 15) is 19.7 Å². The third kappa shape index (κ3) is 6.88. The molecule has 0 bridgehead atoms. The number of rotatable bonds is 12. The van der Waals surface area contributed by atoms with Crippen LogP contribution in [0.2, 0.25) is 0 Å². The minimum atomic E-state index is -0.879.